The number of aromatic nitrogens is 3. The van der Waals surface area contributed by atoms with Crippen LogP contribution >= 0.6 is 0 Å². The molecule has 1 aliphatic rings. The predicted octanol–water partition coefficient (Wildman–Crippen LogP) is 6.56. The summed E-state index contributed by atoms with van der Waals surface area (Å²) < 4.78 is 15.5. The van der Waals surface area contributed by atoms with Gasteiger partial charge in [0.2, 0.25) is 0 Å². The first-order valence-corrected chi connectivity index (χ1v) is 13.7. The number of pyridine rings is 1. The Bertz CT molecular complexity index is 1990. The highest BCUT2D eigenvalue weighted by Gasteiger charge is 2.46. The molecule has 7 rings (SSSR count). The number of nitrogens with zero attached hydrogens (tertiary/aromatic N) is 3. The summed E-state index contributed by atoms with van der Waals surface area (Å²) in [7, 11) is 0. The van der Waals surface area contributed by atoms with Crippen molar-refractivity contribution in [3.63, 3.8) is 0 Å². The molecule has 8 heteroatoms. The van der Waals surface area contributed by atoms with Gasteiger partial charge in [-0.25, -0.2) is 9.18 Å². The molecule has 206 valence electrons. The Morgan fingerprint density at radius 1 is 0.881 bits per heavy atom. The number of nitrogens with one attached hydrogen (secondary N) is 1. The quantitative estimate of drug-likeness (QED) is 0.232. The van der Waals surface area contributed by atoms with Gasteiger partial charge in [-0.05, 0) is 78.1 Å². The van der Waals surface area contributed by atoms with Crippen molar-refractivity contribution in [2.24, 2.45) is 0 Å². The fourth-order valence-corrected chi connectivity index (χ4v) is 5.51. The van der Waals surface area contributed by atoms with Crippen LogP contribution in [0, 0.1) is 5.82 Å². The average molecular weight is 557 g/mol. The zero-order valence-electron chi connectivity index (χ0n) is 22.4. The number of carboxylic acids is 1. The molecule has 1 aliphatic carbocycles. The van der Waals surface area contributed by atoms with Crippen LogP contribution in [0.3, 0.4) is 0 Å². The van der Waals surface area contributed by atoms with Gasteiger partial charge in [-0.2, -0.15) is 5.10 Å². The monoisotopic (exact) mass is 556 g/mol. The Balaban J connectivity index is 1.29. The van der Waals surface area contributed by atoms with Crippen molar-refractivity contribution in [2.45, 2.75) is 24.9 Å². The lowest BCUT2D eigenvalue weighted by Crippen LogP contribution is -2.35. The maximum absolute atomic E-state index is 14.1. The van der Waals surface area contributed by atoms with E-state index < -0.39 is 11.5 Å². The van der Waals surface area contributed by atoms with E-state index in [1.807, 2.05) is 48.5 Å². The van der Waals surface area contributed by atoms with Gasteiger partial charge in [-0.3, -0.25) is 14.5 Å². The van der Waals surface area contributed by atoms with Gasteiger partial charge < -0.3 is 10.4 Å². The Labute approximate surface area is 240 Å². The standard InChI is InChI=1S/C34H25FN4O3/c35-27-12-7-21(8-13-27)24-17-25-19-36-39(20-28-14-9-22-3-1-2-4-30(22)37-28)31(25)29(18-24)32(40)38-34(15-16-34)26-10-5-23(6-11-26)33(41)42/h1-14,17-19H,15-16,20H2,(H,38,40)(H,41,42). The highest BCUT2D eigenvalue weighted by atomic mass is 19.1. The van der Waals surface area contributed by atoms with Gasteiger partial charge in [0.15, 0.2) is 0 Å². The van der Waals surface area contributed by atoms with Crippen molar-refractivity contribution >= 4 is 33.7 Å². The third-order valence-electron chi connectivity index (χ3n) is 7.91. The molecule has 2 aromatic heterocycles. The molecular weight excluding hydrogens is 531 g/mol. The number of fused-ring (bicyclic) bond motifs is 2. The second-order valence-corrected chi connectivity index (χ2v) is 10.7. The topological polar surface area (TPSA) is 97.1 Å². The number of rotatable bonds is 7. The van der Waals surface area contributed by atoms with Gasteiger partial charge in [0.25, 0.3) is 5.91 Å². The van der Waals surface area contributed by atoms with Crippen LogP contribution in [0.2, 0.25) is 0 Å². The Morgan fingerprint density at radius 3 is 2.38 bits per heavy atom. The zero-order chi connectivity index (χ0) is 28.8. The van der Waals surface area contributed by atoms with E-state index in [0.717, 1.165) is 51.5 Å². The van der Waals surface area contributed by atoms with E-state index in [-0.39, 0.29) is 17.3 Å². The fourth-order valence-electron chi connectivity index (χ4n) is 5.51. The molecule has 1 fully saturated rings. The smallest absolute Gasteiger partial charge is 0.335 e. The summed E-state index contributed by atoms with van der Waals surface area (Å²) in [5.74, 6) is -1.60. The van der Waals surface area contributed by atoms with Gasteiger partial charge in [0, 0.05) is 10.8 Å². The molecule has 0 aliphatic heterocycles. The van der Waals surface area contributed by atoms with Gasteiger partial charge in [0.1, 0.15) is 5.82 Å². The SMILES string of the molecule is O=C(O)c1ccc(C2(NC(=O)c3cc(-c4ccc(F)cc4)cc4cnn(Cc5ccc6ccccc6n5)c34)CC2)cc1. The van der Waals surface area contributed by atoms with Crippen molar-refractivity contribution in [2.75, 3.05) is 0 Å². The summed E-state index contributed by atoms with van der Waals surface area (Å²) >= 11 is 0. The van der Waals surface area contributed by atoms with Gasteiger partial charge in [-0.15, -0.1) is 0 Å². The third-order valence-corrected chi connectivity index (χ3v) is 7.91. The molecule has 42 heavy (non-hydrogen) atoms. The van der Waals surface area contributed by atoms with E-state index in [9.17, 15) is 19.1 Å². The number of halogens is 1. The summed E-state index contributed by atoms with van der Waals surface area (Å²) in [5.41, 5.74) is 4.84. The average Bonchev–Trinajstić information content (AvgIpc) is 3.68. The number of carbonyl (C=O) groups excluding carboxylic acids is 1. The Hall–Kier alpha value is -5.37. The second kappa shape index (κ2) is 9.92. The predicted molar refractivity (Wildman–Crippen MR) is 158 cm³/mol. The number of carboxylic acid groups (broad SMARTS) is 1. The molecule has 2 heterocycles. The lowest BCUT2D eigenvalue weighted by molar-refractivity contribution is 0.0696. The number of hydrogen-bond donors (Lipinski definition) is 2. The normalized spacial score (nSPS) is 13.7. The van der Waals surface area contributed by atoms with Gasteiger partial charge >= 0.3 is 5.97 Å². The van der Waals surface area contributed by atoms with E-state index >= 15 is 0 Å². The first-order valence-electron chi connectivity index (χ1n) is 13.7. The van der Waals surface area contributed by atoms with Crippen LogP contribution in [0.4, 0.5) is 4.39 Å². The lowest BCUT2D eigenvalue weighted by Gasteiger charge is -2.19. The van der Waals surface area contributed by atoms with E-state index in [4.69, 9.17) is 4.98 Å². The minimum absolute atomic E-state index is 0.195. The minimum Gasteiger partial charge on any atom is -0.478 e. The number of para-hydroxylation sites is 1. The van der Waals surface area contributed by atoms with Crippen molar-refractivity contribution < 1.29 is 19.1 Å². The first-order chi connectivity index (χ1) is 20.4. The fraction of sp³-hybridized carbons (Fsp3) is 0.118. The van der Waals surface area contributed by atoms with E-state index in [0.29, 0.717) is 17.6 Å². The molecular formula is C34H25FN4O3. The lowest BCUT2D eigenvalue weighted by atomic mass is 9.98. The number of carbonyl (C=O) groups is 2. The summed E-state index contributed by atoms with van der Waals surface area (Å²) in [5, 5.41) is 19.0. The maximum atomic E-state index is 14.1. The third kappa shape index (κ3) is 4.66. The van der Waals surface area contributed by atoms with E-state index in [2.05, 4.69) is 10.4 Å². The summed E-state index contributed by atoms with van der Waals surface area (Å²) in [6.45, 7) is 0.367. The van der Waals surface area contributed by atoms with Gasteiger partial charge in [0.05, 0.1) is 46.1 Å². The number of aromatic carboxylic acids is 1. The molecule has 0 unspecified atom stereocenters. The molecule has 0 saturated heterocycles. The van der Waals surface area contributed by atoms with Crippen LogP contribution in [0.15, 0.2) is 103 Å². The van der Waals surface area contributed by atoms with E-state index in [1.165, 1.54) is 12.1 Å². The van der Waals surface area contributed by atoms with E-state index in [1.54, 1.807) is 47.3 Å². The van der Waals surface area contributed by atoms with Crippen molar-refractivity contribution in [1.29, 1.82) is 0 Å². The second-order valence-electron chi connectivity index (χ2n) is 10.7. The molecule has 7 nitrogen and oxygen atoms in total. The first kappa shape index (κ1) is 25.6. The van der Waals surface area contributed by atoms with Crippen LogP contribution in [-0.2, 0) is 12.1 Å². The van der Waals surface area contributed by atoms with Crippen LogP contribution < -0.4 is 5.32 Å². The molecule has 0 spiro atoms. The van der Waals surface area contributed by atoms with Crippen LogP contribution in [0.1, 0.15) is 44.8 Å². The largest absolute Gasteiger partial charge is 0.478 e. The number of hydrogen-bond acceptors (Lipinski definition) is 4. The van der Waals surface area contributed by atoms with Crippen LogP contribution in [0.25, 0.3) is 32.9 Å². The maximum Gasteiger partial charge on any atom is 0.335 e. The van der Waals surface area contributed by atoms with Crippen molar-refractivity contribution in [3.05, 3.63) is 131 Å². The molecule has 0 radical (unpaired) electrons. The zero-order valence-corrected chi connectivity index (χ0v) is 22.4. The number of benzene rings is 4. The minimum atomic E-state index is -0.996. The van der Waals surface area contributed by atoms with Gasteiger partial charge in [-0.1, -0.05) is 48.5 Å². The summed E-state index contributed by atoms with van der Waals surface area (Å²) in [4.78, 5) is 30.2. The molecule has 1 saturated carbocycles. The molecule has 2 N–H and O–H groups in total. The molecule has 4 aromatic carbocycles. The highest BCUT2D eigenvalue weighted by molar-refractivity contribution is 6.08. The highest BCUT2D eigenvalue weighted by Crippen LogP contribution is 2.46. The van der Waals surface area contributed by atoms with Crippen LogP contribution in [0.5, 0.6) is 0 Å². The molecule has 1 amide bonds. The van der Waals surface area contributed by atoms with Crippen LogP contribution in [-0.4, -0.2) is 31.7 Å². The number of amides is 1. The Kier molecular flexibility index (Phi) is 6.04. The Morgan fingerprint density at radius 2 is 1.64 bits per heavy atom. The summed E-state index contributed by atoms with van der Waals surface area (Å²) in [6.07, 6.45) is 3.22. The van der Waals surface area contributed by atoms with Crippen molar-refractivity contribution in [3.8, 4) is 11.1 Å². The van der Waals surface area contributed by atoms with Crippen molar-refractivity contribution in [1.82, 2.24) is 20.1 Å². The summed E-state index contributed by atoms with van der Waals surface area (Å²) in [6, 6.07) is 28.5. The molecule has 0 atom stereocenters. The molecule has 0 bridgehead atoms. The molecule has 6 aromatic rings.